The molecule has 0 aliphatic heterocycles. The molecular weight excluding hydrogens is 432 g/mol. The highest BCUT2D eigenvalue weighted by Gasteiger charge is 2.32. The minimum absolute atomic E-state index is 0.0902. The van der Waals surface area contributed by atoms with Crippen LogP contribution < -0.4 is 10.6 Å². The van der Waals surface area contributed by atoms with Crippen molar-refractivity contribution in [3.05, 3.63) is 53.6 Å². The SMILES string of the molecule is Cc1[nH]nc(C(C)O)c1-c1ccc(NC(=O)C(NC(=O)c2ccnn2C)C2CCCCC2)cc1. The quantitative estimate of drug-likeness (QED) is 0.426. The Morgan fingerprint density at radius 3 is 2.47 bits per heavy atom. The molecule has 180 valence electrons. The first-order valence-corrected chi connectivity index (χ1v) is 11.8. The molecule has 1 aromatic carbocycles. The van der Waals surface area contributed by atoms with Gasteiger partial charge in [0.1, 0.15) is 11.7 Å². The summed E-state index contributed by atoms with van der Waals surface area (Å²) >= 11 is 0. The fraction of sp³-hybridized carbons (Fsp3) is 0.440. The summed E-state index contributed by atoms with van der Waals surface area (Å²) in [5, 5.41) is 27.1. The Labute approximate surface area is 199 Å². The second-order valence-corrected chi connectivity index (χ2v) is 9.04. The first-order chi connectivity index (χ1) is 16.3. The van der Waals surface area contributed by atoms with Crippen molar-refractivity contribution < 1.29 is 14.7 Å². The smallest absolute Gasteiger partial charge is 0.270 e. The number of carbonyl (C=O) groups excluding carboxylic acids is 2. The van der Waals surface area contributed by atoms with Crippen molar-refractivity contribution in [3.8, 4) is 11.1 Å². The van der Waals surface area contributed by atoms with E-state index in [9.17, 15) is 14.7 Å². The number of H-pyrrole nitrogens is 1. The highest BCUT2D eigenvalue weighted by Crippen LogP contribution is 2.31. The van der Waals surface area contributed by atoms with Gasteiger partial charge in [0.25, 0.3) is 5.91 Å². The monoisotopic (exact) mass is 464 g/mol. The summed E-state index contributed by atoms with van der Waals surface area (Å²) < 4.78 is 1.50. The lowest BCUT2D eigenvalue weighted by atomic mass is 9.83. The van der Waals surface area contributed by atoms with Gasteiger partial charge in [0.2, 0.25) is 5.91 Å². The maximum atomic E-state index is 13.3. The Morgan fingerprint density at radius 1 is 1.15 bits per heavy atom. The van der Waals surface area contributed by atoms with Crippen molar-refractivity contribution in [2.45, 2.75) is 58.1 Å². The minimum atomic E-state index is -0.696. The summed E-state index contributed by atoms with van der Waals surface area (Å²) in [7, 11) is 1.71. The molecule has 1 saturated carbocycles. The molecule has 9 nitrogen and oxygen atoms in total. The molecule has 34 heavy (non-hydrogen) atoms. The number of aryl methyl sites for hydroxylation is 2. The molecule has 2 aromatic heterocycles. The number of nitrogens with zero attached hydrogens (tertiary/aromatic N) is 3. The van der Waals surface area contributed by atoms with Crippen LogP contribution in [0.1, 0.15) is 67.0 Å². The average molecular weight is 465 g/mol. The van der Waals surface area contributed by atoms with Gasteiger partial charge in [-0.25, -0.2) is 0 Å². The lowest BCUT2D eigenvalue weighted by molar-refractivity contribution is -0.119. The number of rotatable bonds is 7. The van der Waals surface area contributed by atoms with E-state index >= 15 is 0 Å². The van der Waals surface area contributed by atoms with Crippen LogP contribution in [0.3, 0.4) is 0 Å². The van der Waals surface area contributed by atoms with Gasteiger partial charge >= 0.3 is 0 Å². The molecule has 0 spiro atoms. The van der Waals surface area contributed by atoms with Gasteiger partial charge in [-0.15, -0.1) is 0 Å². The number of aromatic amines is 1. The van der Waals surface area contributed by atoms with Crippen molar-refractivity contribution in [1.29, 1.82) is 0 Å². The predicted molar refractivity (Wildman–Crippen MR) is 129 cm³/mol. The molecule has 2 amide bonds. The van der Waals surface area contributed by atoms with Crippen LogP contribution in [0.15, 0.2) is 36.5 Å². The van der Waals surface area contributed by atoms with Crippen molar-refractivity contribution in [2.75, 3.05) is 5.32 Å². The summed E-state index contributed by atoms with van der Waals surface area (Å²) in [5.41, 5.74) is 4.27. The second kappa shape index (κ2) is 10.2. The normalized spacial score (nSPS) is 16.1. The highest BCUT2D eigenvalue weighted by atomic mass is 16.3. The van der Waals surface area contributed by atoms with E-state index in [2.05, 4.69) is 25.9 Å². The Balaban J connectivity index is 1.51. The third kappa shape index (κ3) is 5.04. The Bertz CT molecular complexity index is 1140. The number of hydrogen-bond acceptors (Lipinski definition) is 5. The van der Waals surface area contributed by atoms with Gasteiger partial charge in [-0.05, 0) is 56.4 Å². The number of aliphatic hydroxyl groups is 1. The van der Waals surface area contributed by atoms with Gasteiger partial charge in [-0.2, -0.15) is 10.2 Å². The van der Waals surface area contributed by atoms with E-state index in [1.807, 2.05) is 31.2 Å². The van der Waals surface area contributed by atoms with Gasteiger partial charge in [0, 0.05) is 30.2 Å². The van der Waals surface area contributed by atoms with Crippen LogP contribution in [0, 0.1) is 12.8 Å². The lowest BCUT2D eigenvalue weighted by Crippen LogP contribution is -2.49. The minimum Gasteiger partial charge on any atom is -0.387 e. The summed E-state index contributed by atoms with van der Waals surface area (Å²) in [4.78, 5) is 26.2. The van der Waals surface area contributed by atoms with Crippen LogP contribution in [0.5, 0.6) is 0 Å². The summed E-state index contributed by atoms with van der Waals surface area (Å²) in [6, 6.07) is 8.45. The van der Waals surface area contributed by atoms with Crippen LogP contribution in [0.25, 0.3) is 11.1 Å². The molecule has 1 aliphatic rings. The van der Waals surface area contributed by atoms with Gasteiger partial charge in [0.05, 0.1) is 11.8 Å². The van der Waals surface area contributed by atoms with Crippen molar-refractivity contribution in [2.24, 2.45) is 13.0 Å². The predicted octanol–water partition coefficient (Wildman–Crippen LogP) is 3.49. The molecule has 4 N–H and O–H groups in total. The van der Waals surface area contributed by atoms with Crippen LogP contribution in [-0.4, -0.2) is 42.9 Å². The van der Waals surface area contributed by atoms with E-state index in [1.54, 1.807) is 26.2 Å². The summed E-state index contributed by atoms with van der Waals surface area (Å²) in [6.45, 7) is 3.59. The molecule has 9 heteroatoms. The van der Waals surface area contributed by atoms with Crippen LogP contribution >= 0.6 is 0 Å². The number of amides is 2. The zero-order valence-electron chi connectivity index (χ0n) is 19.8. The highest BCUT2D eigenvalue weighted by molar-refractivity contribution is 6.00. The first-order valence-electron chi connectivity index (χ1n) is 11.8. The van der Waals surface area contributed by atoms with Gasteiger partial charge in [-0.1, -0.05) is 31.4 Å². The molecule has 1 fully saturated rings. The topological polar surface area (TPSA) is 125 Å². The number of benzene rings is 1. The molecule has 3 aromatic rings. The zero-order valence-corrected chi connectivity index (χ0v) is 19.8. The molecular formula is C25H32N6O3. The number of aliphatic hydroxyl groups excluding tert-OH is 1. The van der Waals surface area contributed by atoms with E-state index in [0.717, 1.165) is 48.9 Å². The van der Waals surface area contributed by atoms with Gasteiger partial charge < -0.3 is 15.7 Å². The largest absolute Gasteiger partial charge is 0.387 e. The number of carbonyl (C=O) groups is 2. The molecule has 2 heterocycles. The van der Waals surface area contributed by atoms with Gasteiger partial charge in [0.15, 0.2) is 0 Å². The first kappa shape index (κ1) is 23.7. The average Bonchev–Trinajstić information content (AvgIpc) is 3.44. The number of aromatic nitrogens is 4. The van der Waals surface area contributed by atoms with E-state index in [1.165, 1.54) is 4.68 Å². The van der Waals surface area contributed by atoms with Crippen molar-refractivity contribution in [3.63, 3.8) is 0 Å². The fourth-order valence-electron chi connectivity index (χ4n) is 4.73. The van der Waals surface area contributed by atoms with E-state index in [-0.39, 0.29) is 17.7 Å². The van der Waals surface area contributed by atoms with Crippen molar-refractivity contribution in [1.82, 2.24) is 25.3 Å². The zero-order chi connectivity index (χ0) is 24.2. The molecule has 0 bridgehead atoms. The van der Waals surface area contributed by atoms with Crippen LogP contribution in [-0.2, 0) is 11.8 Å². The summed E-state index contributed by atoms with van der Waals surface area (Å²) in [5.74, 6) is -0.436. The third-order valence-electron chi connectivity index (χ3n) is 6.56. The second-order valence-electron chi connectivity index (χ2n) is 9.04. The maximum Gasteiger partial charge on any atom is 0.270 e. The molecule has 4 rings (SSSR count). The third-order valence-corrected chi connectivity index (χ3v) is 6.56. The summed E-state index contributed by atoms with van der Waals surface area (Å²) in [6.07, 6.45) is 5.95. The van der Waals surface area contributed by atoms with E-state index in [4.69, 9.17) is 0 Å². The molecule has 0 radical (unpaired) electrons. The number of nitrogens with one attached hydrogen (secondary N) is 3. The number of anilines is 1. The standard InChI is InChI=1S/C25H32N6O3/c1-15-21(22(16(2)32)30-29-15)17-9-11-19(12-10-17)27-25(34)23(18-7-5-4-6-8-18)28-24(33)20-13-14-26-31(20)3/h9-14,16,18,23,32H,4-8H2,1-3H3,(H,27,34)(H,28,33)(H,29,30). The molecule has 2 atom stereocenters. The van der Waals surface area contributed by atoms with Gasteiger partial charge in [-0.3, -0.25) is 19.4 Å². The van der Waals surface area contributed by atoms with E-state index in [0.29, 0.717) is 17.1 Å². The lowest BCUT2D eigenvalue weighted by Gasteiger charge is -2.30. The number of hydrogen-bond donors (Lipinski definition) is 4. The van der Waals surface area contributed by atoms with E-state index < -0.39 is 12.1 Å². The molecule has 1 aliphatic carbocycles. The Kier molecular flexibility index (Phi) is 7.12. The Hall–Kier alpha value is -3.46. The van der Waals surface area contributed by atoms with Crippen molar-refractivity contribution >= 4 is 17.5 Å². The molecule has 0 saturated heterocycles. The van der Waals surface area contributed by atoms with Crippen LogP contribution in [0.2, 0.25) is 0 Å². The van der Waals surface area contributed by atoms with Crippen LogP contribution in [0.4, 0.5) is 5.69 Å². The fourth-order valence-corrected chi connectivity index (χ4v) is 4.73. The Morgan fingerprint density at radius 2 is 1.85 bits per heavy atom. The molecule has 2 unspecified atom stereocenters. The maximum absolute atomic E-state index is 13.3.